The number of ether oxygens (including phenoxy) is 1. The summed E-state index contributed by atoms with van der Waals surface area (Å²) < 4.78 is 5.65. The third kappa shape index (κ3) is 8.92. The topological polar surface area (TPSA) is 108 Å². The number of phenols is 1. The van der Waals surface area contributed by atoms with Crippen LogP contribution < -0.4 is 10.2 Å². The van der Waals surface area contributed by atoms with Crippen molar-refractivity contribution >= 4 is 18.1 Å². The summed E-state index contributed by atoms with van der Waals surface area (Å²) in [6, 6.07) is 14.6. The van der Waals surface area contributed by atoms with Gasteiger partial charge >= 0.3 is 5.97 Å². The van der Waals surface area contributed by atoms with Crippen LogP contribution >= 0.6 is 0 Å². The Bertz CT molecular complexity index is 821. The zero-order valence-electron chi connectivity index (χ0n) is 16.2. The van der Waals surface area contributed by atoms with Crippen LogP contribution in [-0.2, 0) is 16.2 Å². The summed E-state index contributed by atoms with van der Waals surface area (Å²) >= 11 is 0. The zero-order chi connectivity index (χ0) is 20.9. The smallest absolute Gasteiger partial charge is 0.303 e. The number of aliphatic carboxylic acids is 1. The van der Waals surface area contributed by atoms with E-state index < -0.39 is 5.97 Å². The van der Waals surface area contributed by atoms with Crippen molar-refractivity contribution in [2.24, 2.45) is 5.10 Å². The molecule has 0 aromatic heterocycles. The quantitative estimate of drug-likeness (QED) is 0.286. The maximum absolute atomic E-state index is 11.7. The van der Waals surface area contributed by atoms with E-state index in [1.165, 1.54) is 12.3 Å². The molecule has 0 saturated carbocycles. The van der Waals surface area contributed by atoms with Crippen LogP contribution in [0.2, 0.25) is 0 Å². The van der Waals surface area contributed by atoms with Crippen LogP contribution in [0.1, 0.15) is 49.7 Å². The summed E-state index contributed by atoms with van der Waals surface area (Å²) in [5, 5.41) is 22.5. The zero-order valence-corrected chi connectivity index (χ0v) is 16.2. The summed E-state index contributed by atoms with van der Waals surface area (Å²) in [6.07, 6.45) is 4.75. The molecule has 2 aromatic rings. The maximum Gasteiger partial charge on any atom is 0.303 e. The van der Waals surface area contributed by atoms with Crippen molar-refractivity contribution in [1.29, 1.82) is 0 Å². The lowest BCUT2D eigenvalue weighted by molar-refractivity contribution is -0.137. The summed E-state index contributed by atoms with van der Waals surface area (Å²) in [5.41, 5.74) is 3.92. The Hall–Kier alpha value is -3.35. The van der Waals surface area contributed by atoms with E-state index in [2.05, 4.69) is 10.5 Å². The minimum absolute atomic E-state index is 0.00647. The molecule has 2 aromatic carbocycles. The summed E-state index contributed by atoms with van der Waals surface area (Å²) in [6.45, 7) is 0.403. The Labute approximate surface area is 170 Å². The number of carboxylic acids is 1. The molecule has 0 saturated heterocycles. The van der Waals surface area contributed by atoms with Crippen LogP contribution in [0.5, 0.6) is 11.5 Å². The number of nitrogens with zero attached hydrogens (tertiary/aromatic N) is 1. The molecule has 0 aliphatic rings. The van der Waals surface area contributed by atoms with E-state index >= 15 is 0 Å². The molecule has 154 valence electrons. The van der Waals surface area contributed by atoms with Crippen LogP contribution in [0.15, 0.2) is 53.6 Å². The van der Waals surface area contributed by atoms with Gasteiger partial charge in [0.1, 0.15) is 18.1 Å². The van der Waals surface area contributed by atoms with Crippen molar-refractivity contribution < 1.29 is 24.5 Å². The lowest BCUT2D eigenvalue weighted by Crippen LogP contribution is -2.16. The fourth-order valence-corrected chi connectivity index (χ4v) is 2.61. The number of unbranched alkanes of at least 4 members (excludes halogenated alkanes) is 3. The lowest BCUT2D eigenvalue weighted by atomic mass is 10.1. The molecule has 0 spiro atoms. The summed E-state index contributed by atoms with van der Waals surface area (Å²) in [7, 11) is 0. The number of hydrazone groups is 1. The second-order valence-electron chi connectivity index (χ2n) is 6.60. The van der Waals surface area contributed by atoms with E-state index in [4.69, 9.17) is 9.84 Å². The number of aromatic hydroxyl groups is 1. The fourth-order valence-electron chi connectivity index (χ4n) is 2.61. The molecule has 7 nitrogen and oxygen atoms in total. The minimum Gasteiger partial charge on any atom is -0.507 e. The number of carbonyl (C=O) groups excluding carboxylic acids is 1. The van der Waals surface area contributed by atoms with Gasteiger partial charge in [-0.05, 0) is 30.5 Å². The molecule has 3 N–H and O–H groups in total. The van der Waals surface area contributed by atoms with E-state index in [9.17, 15) is 14.7 Å². The van der Waals surface area contributed by atoms with Gasteiger partial charge in [0.25, 0.3) is 0 Å². The van der Waals surface area contributed by atoms with Crippen molar-refractivity contribution in [2.45, 2.75) is 45.1 Å². The molecular weight excluding hydrogens is 372 g/mol. The van der Waals surface area contributed by atoms with Crippen LogP contribution in [0, 0.1) is 0 Å². The van der Waals surface area contributed by atoms with Gasteiger partial charge in [-0.3, -0.25) is 9.59 Å². The summed E-state index contributed by atoms with van der Waals surface area (Å²) in [5.74, 6) is -0.472. The second-order valence-corrected chi connectivity index (χ2v) is 6.60. The molecule has 0 unspecified atom stereocenters. The van der Waals surface area contributed by atoms with Gasteiger partial charge in [0.15, 0.2) is 0 Å². The van der Waals surface area contributed by atoms with Crippen molar-refractivity contribution in [1.82, 2.24) is 5.43 Å². The Morgan fingerprint density at radius 1 is 1.00 bits per heavy atom. The average Bonchev–Trinajstić information content (AvgIpc) is 2.71. The van der Waals surface area contributed by atoms with Crippen LogP contribution in [-0.4, -0.2) is 28.3 Å². The molecule has 0 aliphatic heterocycles. The Balaban J connectivity index is 1.70. The molecule has 0 aliphatic carbocycles. The number of carbonyl (C=O) groups is 2. The Morgan fingerprint density at radius 3 is 2.41 bits per heavy atom. The van der Waals surface area contributed by atoms with Crippen molar-refractivity contribution in [2.75, 3.05) is 0 Å². The third-order valence-electron chi connectivity index (χ3n) is 4.19. The molecule has 0 radical (unpaired) electrons. The van der Waals surface area contributed by atoms with Crippen LogP contribution in [0.3, 0.4) is 0 Å². The van der Waals surface area contributed by atoms with Crippen LogP contribution in [0.4, 0.5) is 0 Å². The van der Waals surface area contributed by atoms with Gasteiger partial charge in [0.05, 0.1) is 6.21 Å². The first-order valence-electron chi connectivity index (χ1n) is 9.58. The number of amides is 1. The van der Waals surface area contributed by atoms with Crippen LogP contribution in [0.25, 0.3) is 0 Å². The van der Waals surface area contributed by atoms with Gasteiger partial charge in [-0.2, -0.15) is 5.10 Å². The number of hydrogen-bond acceptors (Lipinski definition) is 5. The molecule has 1 amide bonds. The molecule has 2 rings (SSSR count). The predicted octanol–water partition coefficient (Wildman–Crippen LogP) is 3.85. The Kier molecular flexibility index (Phi) is 9.21. The maximum atomic E-state index is 11.7. The molecule has 0 heterocycles. The first-order valence-corrected chi connectivity index (χ1v) is 9.58. The molecule has 0 atom stereocenters. The third-order valence-corrected chi connectivity index (χ3v) is 4.19. The average molecular weight is 398 g/mol. The van der Waals surface area contributed by atoms with Crippen molar-refractivity contribution in [3.05, 3.63) is 59.7 Å². The molecule has 7 heteroatoms. The highest BCUT2D eigenvalue weighted by Gasteiger charge is 2.04. The number of hydrogen-bond donors (Lipinski definition) is 3. The van der Waals surface area contributed by atoms with Crippen molar-refractivity contribution in [3.63, 3.8) is 0 Å². The first kappa shape index (κ1) is 21.9. The SMILES string of the molecule is O=C(O)CCCCCCC(=O)N/N=C/c1ccc(OCc2ccccc2)cc1O. The molecule has 0 bridgehead atoms. The standard InChI is InChI=1S/C22H26N2O5/c25-20-14-19(29-16-17-8-4-3-5-9-17)13-12-18(20)15-23-24-21(26)10-6-1-2-7-11-22(27)28/h3-5,8-9,12-15,25H,1-2,6-7,10-11,16H2,(H,24,26)(H,27,28)/b23-15+. The minimum atomic E-state index is -0.795. The molecule has 29 heavy (non-hydrogen) atoms. The highest BCUT2D eigenvalue weighted by atomic mass is 16.5. The number of carboxylic acid groups (broad SMARTS) is 1. The molecule has 0 fully saturated rings. The molecular formula is C22H26N2O5. The second kappa shape index (κ2) is 12.2. The fraction of sp³-hybridized carbons (Fsp3) is 0.318. The van der Waals surface area contributed by atoms with E-state index in [0.29, 0.717) is 37.2 Å². The summed E-state index contributed by atoms with van der Waals surface area (Å²) in [4.78, 5) is 22.1. The highest BCUT2D eigenvalue weighted by molar-refractivity contribution is 5.85. The Morgan fingerprint density at radius 2 is 1.72 bits per heavy atom. The van der Waals surface area contributed by atoms with Gasteiger partial charge in [0, 0.05) is 24.5 Å². The van der Waals surface area contributed by atoms with E-state index in [0.717, 1.165) is 18.4 Å². The van der Waals surface area contributed by atoms with Gasteiger partial charge in [-0.15, -0.1) is 0 Å². The van der Waals surface area contributed by atoms with Crippen molar-refractivity contribution in [3.8, 4) is 11.5 Å². The number of phenolic OH excluding ortho intramolecular Hbond substituents is 1. The number of rotatable bonds is 12. The lowest BCUT2D eigenvalue weighted by Gasteiger charge is -2.07. The monoisotopic (exact) mass is 398 g/mol. The van der Waals surface area contributed by atoms with Gasteiger partial charge < -0.3 is 14.9 Å². The van der Waals surface area contributed by atoms with Gasteiger partial charge in [-0.25, -0.2) is 5.43 Å². The normalized spacial score (nSPS) is 10.8. The highest BCUT2D eigenvalue weighted by Crippen LogP contribution is 2.23. The van der Waals surface area contributed by atoms with E-state index in [1.54, 1.807) is 12.1 Å². The van der Waals surface area contributed by atoms with Gasteiger partial charge in [0.2, 0.25) is 5.91 Å². The predicted molar refractivity (Wildman–Crippen MR) is 110 cm³/mol. The van der Waals surface area contributed by atoms with E-state index in [1.807, 2.05) is 30.3 Å². The number of benzene rings is 2. The van der Waals surface area contributed by atoms with Gasteiger partial charge in [-0.1, -0.05) is 43.2 Å². The largest absolute Gasteiger partial charge is 0.507 e. The number of nitrogens with one attached hydrogen (secondary N) is 1. The van der Waals surface area contributed by atoms with E-state index in [-0.39, 0.29) is 18.1 Å². The first-order chi connectivity index (χ1) is 14.0.